The summed E-state index contributed by atoms with van der Waals surface area (Å²) in [6.07, 6.45) is 3.65. The molecule has 2 aromatic carbocycles. The molecule has 0 aliphatic heterocycles. The van der Waals surface area contributed by atoms with Gasteiger partial charge in [-0.3, -0.25) is 4.79 Å². The fraction of sp³-hybridized carbons (Fsp3) is 0.241. The first-order chi connectivity index (χ1) is 17.0. The molecule has 0 aliphatic rings. The van der Waals surface area contributed by atoms with E-state index >= 15 is 0 Å². The third-order valence-electron chi connectivity index (χ3n) is 5.87. The average Bonchev–Trinajstić information content (AvgIpc) is 3.49. The van der Waals surface area contributed by atoms with Gasteiger partial charge in [-0.15, -0.1) is 11.3 Å². The summed E-state index contributed by atoms with van der Waals surface area (Å²) < 4.78 is 8.31. The van der Waals surface area contributed by atoms with Crippen LogP contribution in [-0.2, 0) is 17.9 Å². The number of hydrogen-bond donors (Lipinski definition) is 1. The molecule has 0 saturated carbocycles. The second-order valence-corrected chi connectivity index (χ2v) is 9.80. The summed E-state index contributed by atoms with van der Waals surface area (Å²) in [7, 11) is 0. The zero-order chi connectivity index (χ0) is 24.8. The number of rotatable bonds is 9. The highest BCUT2D eigenvalue weighted by Gasteiger charge is 2.13. The number of aryl methyl sites for hydroxylation is 1. The summed E-state index contributed by atoms with van der Waals surface area (Å²) in [6.45, 7) is 7.96. The Hall–Kier alpha value is -3.82. The number of ether oxygens (including phenoxy) is 1. The monoisotopic (exact) mass is 483 g/mol. The van der Waals surface area contributed by atoms with Crippen LogP contribution in [0, 0.1) is 18.3 Å². The second kappa shape index (κ2) is 11.1. The highest BCUT2D eigenvalue weighted by molar-refractivity contribution is 7.09. The van der Waals surface area contributed by atoms with E-state index in [1.807, 2.05) is 48.0 Å². The maximum absolute atomic E-state index is 12.6. The highest BCUT2D eigenvalue weighted by atomic mass is 32.1. The molecule has 4 rings (SSSR count). The number of thiophene rings is 1. The van der Waals surface area contributed by atoms with Crippen molar-refractivity contribution in [3.8, 4) is 11.8 Å². The number of fused-ring (bicyclic) bond motifs is 1. The molecular formula is C29H29N3O2S. The fourth-order valence-corrected chi connectivity index (χ4v) is 4.70. The fourth-order valence-electron chi connectivity index (χ4n) is 4.05. The summed E-state index contributed by atoms with van der Waals surface area (Å²) >= 11 is 1.57. The number of amides is 1. The third-order valence-corrected chi connectivity index (χ3v) is 6.74. The van der Waals surface area contributed by atoms with E-state index < -0.39 is 0 Å². The predicted octanol–water partition coefficient (Wildman–Crippen LogP) is 6.44. The number of hydrogen-bond acceptors (Lipinski definition) is 4. The quantitative estimate of drug-likeness (QED) is 0.220. The number of carbonyl (C=O) groups excluding carboxylic acids is 1. The largest absolute Gasteiger partial charge is 0.491 e. The van der Waals surface area contributed by atoms with Gasteiger partial charge in [0, 0.05) is 27.5 Å². The van der Waals surface area contributed by atoms with Crippen molar-refractivity contribution in [1.82, 2.24) is 9.88 Å². The van der Waals surface area contributed by atoms with Crippen molar-refractivity contribution in [2.24, 2.45) is 0 Å². The molecule has 0 fully saturated rings. The van der Waals surface area contributed by atoms with Gasteiger partial charge in [0.1, 0.15) is 24.0 Å². The smallest absolute Gasteiger partial charge is 0.262 e. The number of para-hydroxylation sites is 1. The van der Waals surface area contributed by atoms with E-state index in [-0.39, 0.29) is 11.5 Å². The first kappa shape index (κ1) is 24.3. The summed E-state index contributed by atoms with van der Waals surface area (Å²) in [5, 5.41) is 15.4. The van der Waals surface area contributed by atoms with Crippen molar-refractivity contribution < 1.29 is 9.53 Å². The second-order valence-electron chi connectivity index (χ2n) is 8.77. The van der Waals surface area contributed by atoms with Crippen molar-refractivity contribution in [2.45, 2.75) is 39.8 Å². The van der Waals surface area contributed by atoms with Crippen LogP contribution in [0.1, 0.15) is 41.3 Å². The SMILES string of the molecule is Cc1ccc(C(C)C)c(OCCn2cc(/C=C(\C#N)C(=O)NCc3cccs3)c3ccccc32)c1. The minimum atomic E-state index is -0.373. The van der Waals surface area contributed by atoms with Crippen LogP contribution < -0.4 is 10.1 Å². The van der Waals surface area contributed by atoms with Gasteiger partial charge in [0.2, 0.25) is 0 Å². The maximum atomic E-state index is 12.6. The summed E-state index contributed by atoms with van der Waals surface area (Å²) in [5.41, 5.74) is 4.32. The minimum Gasteiger partial charge on any atom is -0.491 e. The van der Waals surface area contributed by atoms with Crippen molar-refractivity contribution in [1.29, 1.82) is 5.26 Å². The minimum absolute atomic E-state index is 0.0852. The van der Waals surface area contributed by atoms with Gasteiger partial charge in [0.05, 0.1) is 13.1 Å². The number of nitrogens with zero attached hydrogens (tertiary/aromatic N) is 2. The Labute approximate surface area is 210 Å². The zero-order valence-electron chi connectivity index (χ0n) is 20.2. The van der Waals surface area contributed by atoms with E-state index in [0.29, 0.717) is 25.6 Å². The van der Waals surface area contributed by atoms with Gasteiger partial charge >= 0.3 is 0 Å². The summed E-state index contributed by atoms with van der Waals surface area (Å²) in [4.78, 5) is 13.7. The number of carbonyl (C=O) groups is 1. The normalized spacial score (nSPS) is 11.6. The standard InChI is InChI=1S/C29H29N3O2S/c1-20(2)25-11-10-21(3)15-28(25)34-13-12-32-19-23(26-8-4-5-9-27(26)32)16-22(17-30)29(33)31-18-24-7-6-14-35-24/h4-11,14-16,19-20H,12-13,18H2,1-3H3,(H,31,33)/b22-16+. The lowest BCUT2D eigenvalue weighted by Crippen LogP contribution is -2.23. The molecule has 1 N–H and O–H groups in total. The Morgan fingerprint density at radius 3 is 2.77 bits per heavy atom. The van der Waals surface area contributed by atoms with Crippen LogP contribution in [0.5, 0.6) is 5.75 Å². The van der Waals surface area contributed by atoms with Gasteiger partial charge in [-0.25, -0.2) is 0 Å². The topological polar surface area (TPSA) is 67.0 Å². The molecule has 0 saturated heterocycles. The third kappa shape index (κ3) is 5.82. The van der Waals surface area contributed by atoms with E-state index in [1.165, 1.54) is 11.1 Å². The molecule has 6 heteroatoms. The molecule has 0 aliphatic carbocycles. The lowest BCUT2D eigenvalue weighted by Gasteiger charge is -2.15. The van der Waals surface area contributed by atoms with Crippen LogP contribution in [-0.4, -0.2) is 17.1 Å². The Balaban J connectivity index is 1.53. The van der Waals surface area contributed by atoms with Crippen LogP contribution in [0.3, 0.4) is 0 Å². The Kier molecular flexibility index (Phi) is 7.69. The predicted molar refractivity (Wildman–Crippen MR) is 142 cm³/mol. The van der Waals surface area contributed by atoms with Crippen LogP contribution in [0.15, 0.2) is 71.7 Å². The van der Waals surface area contributed by atoms with Gasteiger partial charge in [-0.1, -0.05) is 50.2 Å². The van der Waals surface area contributed by atoms with Gasteiger partial charge < -0.3 is 14.6 Å². The molecule has 5 nitrogen and oxygen atoms in total. The average molecular weight is 484 g/mol. The highest BCUT2D eigenvalue weighted by Crippen LogP contribution is 2.28. The van der Waals surface area contributed by atoms with Crippen molar-refractivity contribution in [2.75, 3.05) is 6.61 Å². The molecule has 2 heterocycles. The van der Waals surface area contributed by atoms with Gasteiger partial charge in [-0.2, -0.15) is 5.26 Å². The Morgan fingerprint density at radius 2 is 2.03 bits per heavy atom. The molecule has 35 heavy (non-hydrogen) atoms. The van der Waals surface area contributed by atoms with Crippen molar-refractivity contribution in [3.63, 3.8) is 0 Å². The molecule has 0 radical (unpaired) electrons. The Bertz CT molecular complexity index is 1390. The summed E-state index contributed by atoms with van der Waals surface area (Å²) in [6, 6.07) is 20.3. The molecule has 0 unspecified atom stereocenters. The van der Waals surface area contributed by atoms with Gasteiger partial charge in [0.15, 0.2) is 0 Å². The molecule has 0 bridgehead atoms. The van der Waals surface area contributed by atoms with E-state index in [4.69, 9.17) is 4.74 Å². The first-order valence-corrected chi connectivity index (χ1v) is 12.6. The van der Waals surface area contributed by atoms with E-state index in [0.717, 1.165) is 27.1 Å². The van der Waals surface area contributed by atoms with Crippen LogP contribution in [0.2, 0.25) is 0 Å². The molecule has 4 aromatic rings. The van der Waals surface area contributed by atoms with E-state index in [1.54, 1.807) is 17.4 Å². The number of nitriles is 1. The van der Waals surface area contributed by atoms with Crippen LogP contribution >= 0.6 is 11.3 Å². The molecule has 0 atom stereocenters. The first-order valence-electron chi connectivity index (χ1n) is 11.7. The lowest BCUT2D eigenvalue weighted by molar-refractivity contribution is -0.117. The van der Waals surface area contributed by atoms with Crippen LogP contribution in [0.4, 0.5) is 0 Å². The number of aromatic nitrogens is 1. The molecule has 2 aromatic heterocycles. The van der Waals surface area contributed by atoms with Gasteiger partial charge in [-0.05, 0) is 53.6 Å². The van der Waals surface area contributed by atoms with Crippen molar-refractivity contribution in [3.05, 3.63) is 93.3 Å². The van der Waals surface area contributed by atoms with Crippen LogP contribution in [0.25, 0.3) is 17.0 Å². The maximum Gasteiger partial charge on any atom is 0.262 e. The van der Waals surface area contributed by atoms with E-state index in [2.05, 4.69) is 54.9 Å². The van der Waals surface area contributed by atoms with Gasteiger partial charge in [0.25, 0.3) is 5.91 Å². The molecule has 178 valence electrons. The molecule has 1 amide bonds. The molecule has 0 spiro atoms. The number of benzene rings is 2. The summed E-state index contributed by atoms with van der Waals surface area (Å²) in [5.74, 6) is 0.928. The zero-order valence-corrected chi connectivity index (χ0v) is 21.1. The van der Waals surface area contributed by atoms with E-state index in [9.17, 15) is 10.1 Å². The number of nitrogens with one attached hydrogen (secondary N) is 1. The Morgan fingerprint density at radius 1 is 1.20 bits per heavy atom. The lowest BCUT2D eigenvalue weighted by atomic mass is 10.0. The van der Waals surface area contributed by atoms with Crippen molar-refractivity contribution >= 4 is 34.2 Å². The molecular weight excluding hydrogens is 454 g/mol.